The smallest absolute Gasteiger partial charge is 0.365 e. The van der Waals surface area contributed by atoms with Crippen LogP contribution in [0.4, 0.5) is 0 Å². The molecule has 0 bridgehead atoms. The first-order valence-electron chi connectivity index (χ1n) is 13.6. The standard InChI is InChI=1S/C28H53NO4/c1-5-6-7-8-9-10-11-12-13-14-15-16-17-18-19-20-21-25-29(3,4)28(2,27(32)33)24-22-23-26(30)31/h12-13H,5-11,14-25H2,1-4H3,(H-,30,31,32,33)/p+1/b13-12-. The summed E-state index contributed by atoms with van der Waals surface area (Å²) < 4.78 is 0.396. The van der Waals surface area contributed by atoms with Gasteiger partial charge in [0, 0.05) is 19.8 Å². The van der Waals surface area contributed by atoms with Crippen molar-refractivity contribution in [3.8, 4) is 0 Å². The lowest BCUT2D eigenvalue weighted by molar-refractivity contribution is -0.931. The molecule has 0 heterocycles. The quantitative estimate of drug-likeness (QED) is 0.0920. The minimum atomic E-state index is -0.946. The minimum Gasteiger partial charge on any atom is -0.481 e. The Morgan fingerprint density at radius 1 is 0.727 bits per heavy atom. The van der Waals surface area contributed by atoms with Crippen LogP contribution in [0.3, 0.4) is 0 Å². The number of aliphatic carboxylic acids is 2. The third-order valence-electron chi connectivity index (χ3n) is 7.33. The van der Waals surface area contributed by atoms with Crippen molar-refractivity contribution in [1.29, 1.82) is 0 Å². The van der Waals surface area contributed by atoms with Gasteiger partial charge in [-0.15, -0.1) is 0 Å². The summed E-state index contributed by atoms with van der Waals surface area (Å²) in [5.41, 5.74) is -0.946. The van der Waals surface area contributed by atoms with E-state index in [9.17, 15) is 14.7 Å². The van der Waals surface area contributed by atoms with E-state index in [1.54, 1.807) is 6.92 Å². The van der Waals surface area contributed by atoms with E-state index in [1.807, 2.05) is 14.1 Å². The number of quaternary nitrogens is 1. The maximum Gasteiger partial charge on any atom is 0.365 e. The van der Waals surface area contributed by atoms with Crippen molar-refractivity contribution in [3.63, 3.8) is 0 Å². The first-order chi connectivity index (χ1) is 15.7. The number of carboxylic acid groups (broad SMARTS) is 2. The molecule has 0 aliphatic heterocycles. The molecule has 0 amide bonds. The molecule has 1 unspecified atom stereocenters. The molecule has 0 saturated heterocycles. The molecular weight excluding hydrogens is 414 g/mol. The fourth-order valence-corrected chi connectivity index (χ4v) is 4.43. The molecule has 33 heavy (non-hydrogen) atoms. The molecule has 0 radical (unpaired) electrons. The first-order valence-corrected chi connectivity index (χ1v) is 13.6. The molecule has 2 N–H and O–H groups in total. The Kier molecular flexibility index (Phi) is 18.2. The topological polar surface area (TPSA) is 74.6 Å². The van der Waals surface area contributed by atoms with Gasteiger partial charge in [-0.2, -0.15) is 0 Å². The molecule has 0 rings (SSSR count). The summed E-state index contributed by atoms with van der Waals surface area (Å²) in [7, 11) is 3.93. The van der Waals surface area contributed by atoms with Crippen LogP contribution >= 0.6 is 0 Å². The maximum atomic E-state index is 12.0. The van der Waals surface area contributed by atoms with Crippen molar-refractivity contribution in [2.75, 3.05) is 20.6 Å². The van der Waals surface area contributed by atoms with Gasteiger partial charge in [0.05, 0.1) is 20.6 Å². The predicted molar refractivity (Wildman–Crippen MR) is 139 cm³/mol. The third-order valence-corrected chi connectivity index (χ3v) is 7.33. The lowest BCUT2D eigenvalue weighted by Gasteiger charge is -2.44. The van der Waals surface area contributed by atoms with Gasteiger partial charge in [-0.3, -0.25) is 4.79 Å². The molecule has 0 fully saturated rings. The summed E-state index contributed by atoms with van der Waals surface area (Å²) in [6.45, 7) is 4.83. The lowest BCUT2D eigenvalue weighted by Crippen LogP contribution is -2.62. The first kappa shape index (κ1) is 31.6. The molecule has 0 aromatic heterocycles. The van der Waals surface area contributed by atoms with Crippen molar-refractivity contribution in [1.82, 2.24) is 0 Å². The SMILES string of the molecule is CCCCCCCC/C=C\CCCCCCCCC[N+](C)(C)C(C)(CCCC(=O)O)C(=O)O. The number of hydrogen-bond donors (Lipinski definition) is 2. The van der Waals surface area contributed by atoms with Crippen LogP contribution in [0.15, 0.2) is 12.2 Å². The molecule has 0 aromatic rings. The summed E-state index contributed by atoms with van der Waals surface area (Å²) in [5, 5.41) is 18.7. The van der Waals surface area contributed by atoms with Crippen LogP contribution in [0.1, 0.15) is 129 Å². The van der Waals surface area contributed by atoms with Crippen molar-refractivity contribution in [3.05, 3.63) is 12.2 Å². The zero-order valence-electron chi connectivity index (χ0n) is 22.2. The summed E-state index contributed by atoms with van der Waals surface area (Å²) in [6.07, 6.45) is 24.6. The van der Waals surface area contributed by atoms with Crippen LogP contribution in [0.2, 0.25) is 0 Å². The largest absolute Gasteiger partial charge is 0.481 e. The van der Waals surface area contributed by atoms with Crippen LogP contribution in [-0.2, 0) is 9.59 Å². The van der Waals surface area contributed by atoms with Gasteiger partial charge in [0.25, 0.3) is 0 Å². The highest BCUT2D eigenvalue weighted by Gasteiger charge is 2.47. The highest BCUT2D eigenvalue weighted by atomic mass is 16.4. The predicted octanol–water partition coefficient (Wildman–Crippen LogP) is 7.59. The third kappa shape index (κ3) is 15.2. The Morgan fingerprint density at radius 3 is 1.64 bits per heavy atom. The Balaban J connectivity index is 3.82. The zero-order valence-corrected chi connectivity index (χ0v) is 22.2. The van der Waals surface area contributed by atoms with Crippen LogP contribution < -0.4 is 0 Å². The van der Waals surface area contributed by atoms with Gasteiger partial charge >= 0.3 is 11.9 Å². The highest BCUT2D eigenvalue weighted by Crippen LogP contribution is 2.28. The van der Waals surface area contributed by atoms with Gasteiger partial charge in [-0.1, -0.05) is 76.9 Å². The van der Waals surface area contributed by atoms with E-state index < -0.39 is 17.5 Å². The van der Waals surface area contributed by atoms with E-state index >= 15 is 0 Å². The molecule has 0 aromatic carbocycles. The average Bonchev–Trinajstić information content (AvgIpc) is 2.75. The van der Waals surface area contributed by atoms with Crippen molar-refractivity contribution < 1.29 is 24.3 Å². The van der Waals surface area contributed by atoms with E-state index in [0.29, 0.717) is 17.3 Å². The van der Waals surface area contributed by atoms with Crippen molar-refractivity contribution >= 4 is 11.9 Å². The van der Waals surface area contributed by atoms with Gasteiger partial charge in [-0.05, 0) is 44.9 Å². The van der Waals surface area contributed by atoms with Crippen LogP contribution in [0.25, 0.3) is 0 Å². The molecule has 5 heteroatoms. The minimum absolute atomic E-state index is 0.0256. The van der Waals surface area contributed by atoms with Gasteiger partial charge in [-0.25, -0.2) is 4.79 Å². The molecule has 194 valence electrons. The molecular formula is C28H54NO4+. The molecule has 1 atom stereocenters. The van der Waals surface area contributed by atoms with Gasteiger partial charge in [0.2, 0.25) is 0 Å². The summed E-state index contributed by atoms with van der Waals surface area (Å²) in [5.74, 6) is -1.70. The van der Waals surface area contributed by atoms with Crippen molar-refractivity contribution in [2.24, 2.45) is 0 Å². The number of rotatable bonds is 23. The summed E-state index contributed by atoms with van der Waals surface area (Å²) in [4.78, 5) is 22.8. The van der Waals surface area contributed by atoms with Crippen molar-refractivity contribution in [2.45, 2.75) is 135 Å². The fraction of sp³-hybridized carbons (Fsp3) is 0.857. The maximum absolute atomic E-state index is 12.0. The molecule has 5 nitrogen and oxygen atoms in total. The molecule has 0 saturated carbocycles. The number of carbonyl (C=O) groups is 2. The number of carboxylic acids is 2. The number of hydrogen-bond acceptors (Lipinski definition) is 2. The Bertz CT molecular complexity index is 544. The van der Waals surface area contributed by atoms with E-state index in [2.05, 4.69) is 19.1 Å². The van der Waals surface area contributed by atoms with E-state index in [4.69, 9.17) is 5.11 Å². The second-order valence-corrected chi connectivity index (χ2v) is 10.5. The number of unbranched alkanes of at least 4 members (excludes halogenated alkanes) is 13. The molecule has 0 aliphatic rings. The number of allylic oxidation sites excluding steroid dienone is 2. The normalized spacial score (nSPS) is 13.9. The summed E-state index contributed by atoms with van der Waals surface area (Å²) in [6, 6.07) is 0. The van der Waals surface area contributed by atoms with E-state index in [0.717, 1.165) is 19.4 Å². The highest BCUT2D eigenvalue weighted by molar-refractivity contribution is 5.76. The van der Waals surface area contributed by atoms with Gasteiger partial charge in [0.15, 0.2) is 5.54 Å². The van der Waals surface area contributed by atoms with Gasteiger partial charge in [0.1, 0.15) is 0 Å². The summed E-state index contributed by atoms with van der Waals surface area (Å²) >= 11 is 0. The lowest BCUT2D eigenvalue weighted by atomic mass is 9.90. The Labute approximate surface area is 204 Å². The monoisotopic (exact) mass is 468 g/mol. The molecule has 0 aliphatic carbocycles. The van der Waals surface area contributed by atoms with Crippen LogP contribution in [0.5, 0.6) is 0 Å². The Hall–Kier alpha value is -1.36. The number of likely N-dealkylation sites (N-methyl/N-ethyl adjacent to an activating group) is 1. The zero-order chi connectivity index (χ0) is 25.0. The van der Waals surface area contributed by atoms with E-state index in [1.165, 1.54) is 83.5 Å². The number of nitrogens with zero attached hydrogens (tertiary/aromatic N) is 1. The second kappa shape index (κ2) is 19.0. The average molecular weight is 469 g/mol. The van der Waals surface area contributed by atoms with Crippen LogP contribution in [-0.4, -0.2) is 52.8 Å². The second-order valence-electron chi connectivity index (χ2n) is 10.5. The Morgan fingerprint density at radius 2 is 1.18 bits per heavy atom. The van der Waals surface area contributed by atoms with E-state index in [-0.39, 0.29) is 6.42 Å². The fourth-order valence-electron chi connectivity index (χ4n) is 4.43. The van der Waals surface area contributed by atoms with Gasteiger partial charge < -0.3 is 14.7 Å². The van der Waals surface area contributed by atoms with Crippen LogP contribution in [0, 0.1) is 0 Å². The molecule has 0 spiro atoms.